The number of hydrogen-bond acceptors (Lipinski definition) is 3. The first-order valence-electron chi connectivity index (χ1n) is 7.49. The summed E-state index contributed by atoms with van der Waals surface area (Å²) in [4.78, 5) is 13.3. The Hall–Kier alpha value is -1.57. The lowest BCUT2D eigenvalue weighted by Crippen LogP contribution is -2.25. The van der Waals surface area contributed by atoms with Gasteiger partial charge in [-0.05, 0) is 41.6 Å². The summed E-state index contributed by atoms with van der Waals surface area (Å²) in [6.07, 6.45) is -4.63. The number of halogens is 5. The van der Waals surface area contributed by atoms with Crippen molar-refractivity contribution in [2.75, 3.05) is 11.5 Å². The van der Waals surface area contributed by atoms with Crippen molar-refractivity contribution >= 4 is 46.6 Å². The average Bonchev–Trinajstić information content (AvgIpc) is 2.56. The summed E-state index contributed by atoms with van der Waals surface area (Å²) in [5.74, 6) is 0.0709. The van der Waals surface area contributed by atoms with E-state index in [1.54, 1.807) is 23.9 Å². The van der Waals surface area contributed by atoms with Gasteiger partial charge in [0.25, 0.3) is 5.91 Å². The molecule has 140 valence electrons. The van der Waals surface area contributed by atoms with Crippen LogP contribution < -0.4 is 11.1 Å². The first kappa shape index (κ1) is 20.7. The Balaban J connectivity index is 2.26. The molecule has 0 bridgehead atoms. The van der Waals surface area contributed by atoms with Gasteiger partial charge < -0.3 is 11.1 Å². The first-order chi connectivity index (χ1) is 12.1. The summed E-state index contributed by atoms with van der Waals surface area (Å²) in [6, 6.07) is 6.64. The van der Waals surface area contributed by atoms with Crippen molar-refractivity contribution in [2.24, 2.45) is 0 Å². The number of rotatable bonds is 5. The fourth-order valence-corrected chi connectivity index (χ4v) is 3.43. The maximum atomic E-state index is 12.9. The van der Waals surface area contributed by atoms with Crippen LogP contribution in [0.4, 0.5) is 18.9 Å². The lowest BCUT2D eigenvalue weighted by atomic mass is 10.1. The Labute approximate surface area is 163 Å². The van der Waals surface area contributed by atoms with E-state index in [1.165, 1.54) is 0 Å². The van der Waals surface area contributed by atoms with E-state index in [4.69, 9.17) is 28.9 Å². The van der Waals surface area contributed by atoms with E-state index in [1.807, 2.05) is 13.0 Å². The number of thioether (sulfide) groups is 1. The van der Waals surface area contributed by atoms with Crippen LogP contribution in [0.5, 0.6) is 0 Å². The zero-order valence-electron chi connectivity index (χ0n) is 13.6. The highest BCUT2D eigenvalue weighted by atomic mass is 35.5. The minimum atomic E-state index is -4.63. The first-order valence-corrected chi connectivity index (χ1v) is 9.23. The molecule has 0 aliphatic rings. The Morgan fingerprint density at radius 3 is 2.54 bits per heavy atom. The number of hydrogen-bond donors (Lipinski definition) is 2. The summed E-state index contributed by atoms with van der Waals surface area (Å²) in [5, 5.41) is 2.74. The molecule has 0 aliphatic carbocycles. The predicted molar refractivity (Wildman–Crippen MR) is 99.9 cm³/mol. The van der Waals surface area contributed by atoms with Crippen molar-refractivity contribution in [3.8, 4) is 0 Å². The van der Waals surface area contributed by atoms with E-state index in [-0.39, 0.29) is 22.8 Å². The highest BCUT2D eigenvalue weighted by molar-refractivity contribution is 7.99. The van der Waals surface area contributed by atoms with E-state index in [9.17, 15) is 18.0 Å². The number of benzene rings is 2. The Morgan fingerprint density at radius 1 is 1.23 bits per heavy atom. The molecule has 0 aromatic heterocycles. The second-order valence-corrected chi connectivity index (χ2v) is 7.43. The molecular weight excluding hydrogens is 408 g/mol. The molecule has 0 saturated carbocycles. The summed E-state index contributed by atoms with van der Waals surface area (Å²) in [6.45, 7) is 2.07. The molecule has 0 aliphatic heterocycles. The van der Waals surface area contributed by atoms with Gasteiger partial charge in [0.15, 0.2) is 0 Å². The third-order valence-electron chi connectivity index (χ3n) is 3.46. The maximum absolute atomic E-state index is 12.9. The number of nitrogen functional groups attached to an aromatic ring is 1. The molecule has 0 saturated heterocycles. The standard InChI is InChI=1S/C17H15Cl2F3N2OS/c1-2-26-14-4-3-11(18)5-9(14)8-24-16(25)12-6-10(17(20,21)22)7-13(19)15(12)23/h3-7H,2,8,23H2,1H3,(H,24,25). The van der Waals surface area contributed by atoms with Crippen LogP contribution in [0.3, 0.4) is 0 Å². The molecule has 3 nitrogen and oxygen atoms in total. The highest BCUT2D eigenvalue weighted by Crippen LogP contribution is 2.35. The van der Waals surface area contributed by atoms with Crippen LogP contribution >= 0.6 is 35.0 Å². The van der Waals surface area contributed by atoms with Gasteiger partial charge in [-0.2, -0.15) is 13.2 Å². The van der Waals surface area contributed by atoms with Gasteiger partial charge in [0, 0.05) is 16.5 Å². The van der Waals surface area contributed by atoms with Gasteiger partial charge in [-0.25, -0.2) is 0 Å². The molecule has 0 atom stereocenters. The van der Waals surface area contributed by atoms with Crippen LogP contribution in [0, 0.1) is 0 Å². The summed E-state index contributed by atoms with van der Waals surface area (Å²) in [7, 11) is 0. The quantitative estimate of drug-likeness (QED) is 0.484. The number of amides is 1. The van der Waals surface area contributed by atoms with Crippen molar-refractivity contribution in [3.05, 3.63) is 57.1 Å². The second-order valence-electron chi connectivity index (χ2n) is 5.28. The van der Waals surface area contributed by atoms with Crippen molar-refractivity contribution in [1.29, 1.82) is 0 Å². The second kappa shape index (κ2) is 8.41. The van der Waals surface area contributed by atoms with E-state index in [0.717, 1.165) is 16.2 Å². The van der Waals surface area contributed by atoms with E-state index >= 15 is 0 Å². The number of nitrogens with two attached hydrogens (primary N) is 1. The monoisotopic (exact) mass is 422 g/mol. The van der Waals surface area contributed by atoms with E-state index < -0.39 is 17.6 Å². The number of alkyl halides is 3. The fraction of sp³-hybridized carbons (Fsp3) is 0.235. The van der Waals surface area contributed by atoms with Crippen molar-refractivity contribution in [1.82, 2.24) is 5.32 Å². The summed E-state index contributed by atoms with van der Waals surface area (Å²) in [5.41, 5.74) is 4.88. The van der Waals surface area contributed by atoms with E-state index in [0.29, 0.717) is 17.2 Å². The predicted octanol–water partition coefficient (Wildman–Crippen LogP) is 5.64. The summed E-state index contributed by atoms with van der Waals surface area (Å²) >= 11 is 13.3. The normalized spacial score (nSPS) is 11.5. The molecule has 0 radical (unpaired) electrons. The number of nitrogens with one attached hydrogen (secondary N) is 1. The zero-order chi connectivity index (χ0) is 19.5. The molecule has 1 amide bonds. The molecule has 9 heteroatoms. The maximum Gasteiger partial charge on any atom is 0.416 e. The molecule has 2 aromatic rings. The molecular formula is C17H15Cl2F3N2OS. The van der Waals surface area contributed by atoms with Gasteiger partial charge in [0.2, 0.25) is 0 Å². The van der Waals surface area contributed by atoms with Gasteiger partial charge in [-0.15, -0.1) is 11.8 Å². The molecule has 0 heterocycles. The topological polar surface area (TPSA) is 55.1 Å². The molecule has 0 spiro atoms. The van der Waals surface area contributed by atoms with Gasteiger partial charge in [0.1, 0.15) is 0 Å². The average molecular weight is 423 g/mol. The number of carbonyl (C=O) groups is 1. The third kappa shape index (κ3) is 4.99. The minimum Gasteiger partial charge on any atom is -0.397 e. The van der Waals surface area contributed by atoms with Crippen molar-refractivity contribution in [3.63, 3.8) is 0 Å². The van der Waals surface area contributed by atoms with Gasteiger partial charge in [0.05, 0.1) is 21.8 Å². The van der Waals surface area contributed by atoms with Crippen molar-refractivity contribution < 1.29 is 18.0 Å². The number of anilines is 1. The molecule has 0 fully saturated rings. The van der Waals surface area contributed by atoms with Crippen molar-refractivity contribution in [2.45, 2.75) is 24.5 Å². The summed E-state index contributed by atoms with van der Waals surface area (Å²) < 4.78 is 38.8. The lowest BCUT2D eigenvalue weighted by Gasteiger charge is -2.14. The SMILES string of the molecule is CCSc1ccc(Cl)cc1CNC(=O)c1cc(C(F)(F)F)cc(Cl)c1N. The van der Waals surface area contributed by atoms with Crippen LogP contribution in [-0.2, 0) is 12.7 Å². The minimum absolute atomic E-state index is 0.0923. The van der Waals surface area contributed by atoms with Gasteiger partial charge >= 0.3 is 6.18 Å². The number of carbonyl (C=O) groups excluding carboxylic acids is 1. The smallest absolute Gasteiger partial charge is 0.397 e. The molecule has 0 unspecified atom stereocenters. The third-order valence-corrected chi connectivity index (χ3v) is 5.01. The van der Waals surface area contributed by atoms with Gasteiger partial charge in [-0.1, -0.05) is 30.1 Å². The Morgan fingerprint density at radius 2 is 1.92 bits per heavy atom. The molecule has 2 rings (SSSR count). The fourth-order valence-electron chi connectivity index (χ4n) is 2.22. The van der Waals surface area contributed by atoms with Crippen LogP contribution in [0.25, 0.3) is 0 Å². The molecule has 3 N–H and O–H groups in total. The lowest BCUT2D eigenvalue weighted by molar-refractivity contribution is -0.137. The van der Waals surface area contributed by atoms with Crippen LogP contribution in [0.1, 0.15) is 28.4 Å². The van der Waals surface area contributed by atoms with Crippen LogP contribution in [-0.4, -0.2) is 11.7 Å². The van der Waals surface area contributed by atoms with Crippen LogP contribution in [0.15, 0.2) is 35.2 Å². The molecule has 26 heavy (non-hydrogen) atoms. The largest absolute Gasteiger partial charge is 0.416 e. The Bertz CT molecular complexity index is 828. The van der Waals surface area contributed by atoms with Gasteiger partial charge in [-0.3, -0.25) is 4.79 Å². The Kier molecular flexibility index (Phi) is 6.71. The zero-order valence-corrected chi connectivity index (χ0v) is 15.9. The highest BCUT2D eigenvalue weighted by Gasteiger charge is 2.32. The molecule has 2 aromatic carbocycles. The van der Waals surface area contributed by atoms with Crippen LogP contribution in [0.2, 0.25) is 10.0 Å². The van der Waals surface area contributed by atoms with E-state index in [2.05, 4.69) is 5.32 Å².